The number of rotatable bonds is 4. The van der Waals surface area contributed by atoms with E-state index in [1.807, 2.05) is 6.92 Å². The largest absolute Gasteiger partial charge is 0.398 e. The molecule has 0 saturated carbocycles. The zero-order valence-corrected chi connectivity index (χ0v) is 10.1. The van der Waals surface area contributed by atoms with Gasteiger partial charge in [0.05, 0.1) is 11.8 Å². The molecule has 0 heterocycles. The predicted molar refractivity (Wildman–Crippen MR) is 62.5 cm³/mol. The number of hydrogen-bond donors (Lipinski definition) is 3. The maximum atomic E-state index is 11.8. The van der Waals surface area contributed by atoms with Crippen LogP contribution in [0.4, 0.5) is 5.69 Å². The molecule has 5 nitrogen and oxygen atoms in total. The molecule has 1 atom stereocenters. The van der Waals surface area contributed by atoms with Gasteiger partial charge in [-0.3, -0.25) is 0 Å². The first-order valence-corrected chi connectivity index (χ1v) is 6.35. The highest BCUT2D eigenvalue weighted by atomic mass is 32.2. The fourth-order valence-corrected chi connectivity index (χ4v) is 2.45. The predicted octanol–water partition coefficient (Wildman–Crippen LogP) is 0.236. The Labute approximate surface area is 95.3 Å². The van der Waals surface area contributed by atoms with Crippen LogP contribution in [0.1, 0.15) is 12.5 Å². The third-order valence-electron chi connectivity index (χ3n) is 2.02. The number of nitrogen functional groups attached to an aromatic ring is 1. The molecule has 0 aliphatic heterocycles. The number of nitrogens with one attached hydrogen (secondary N) is 1. The minimum atomic E-state index is -3.64. The summed E-state index contributed by atoms with van der Waals surface area (Å²) in [7, 11) is -3.64. The monoisotopic (exact) mass is 244 g/mol. The summed E-state index contributed by atoms with van der Waals surface area (Å²) >= 11 is 0. The standard InChI is InChI=1S/C10H16N2O3S/c1-7-3-4-10(9(11)5-7)16(14,15)12-6-8(2)13/h3-5,8,12-13H,6,11H2,1-2H3/t8-/m0/s1. The molecule has 0 aliphatic carbocycles. The zero-order valence-electron chi connectivity index (χ0n) is 9.27. The summed E-state index contributed by atoms with van der Waals surface area (Å²) in [6.07, 6.45) is -0.735. The summed E-state index contributed by atoms with van der Waals surface area (Å²) in [5, 5.41) is 9.02. The van der Waals surface area contributed by atoms with Gasteiger partial charge in [0.25, 0.3) is 0 Å². The second-order valence-corrected chi connectivity index (χ2v) is 5.48. The van der Waals surface area contributed by atoms with E-state index in [-0.39, 0.29) is 17.1 Å². The van der Waals surface area contributed by atoms with Gasteiger partial charge in [0.1, 0.15) is 4.90 Å². The molecule has 0 fully saturated rings. The van der Waals surface area contributed by atoms with Crippen molar-refractivity contribution in [3.05, 3.63) is 23.8 Å². The third kappa shape index (κ3) is 3.19. The Morgan fingerprint density at radius 2 is 2.12 bits per heavy atom. The van der Waals surface area contributed by atoms with E-state index in [9.17, 15) is 8.42 Å². The van der Waals surface area contributed by atoms with Crippen molar-refractivity contribution in [3.63, 3.8) is 0 Å². The number of benzene rings is 1. The molecule has 1 aromatic rings. The number of hydrogen-bond acceptors (Lipinski definition) is 4. The Kier molecular flexibility index (Phi) is 3.90. The second kappa shape index (κ2) is 4.82. The fraction of sp³-hybridized carbons (Fsp3) is 0.400. The summed E-state index contributed by atoms with van der Waals surface area (Å²) in [5.41, 5.74) is 6.73. The Hall–Kier alpha value is -1.11. The van der Waals surface area contributed by atoms with Gasteiger partial charge in [0, 0.05) is 6.54 Å². The van der Waals surface area contributed by atoms with Crippen molar-refractivity contribution >= 4 is 15.7 Å². The van der Waals surface area contributed by atoms with Crippen molar-refractivity contribution in [1.82, 2.24) is 4.72 Å². The normalized spacial score (nSPS) is 13.7. The average Bonchev–Trinajstić information content (AvgIpc) is 2.14. The summed E-state index contributed by atoms with van der Waals surface area (Å²) in [6, 6.07) is 4.72. The van der Waals surface area contributed by atoms with Crippen LogP contribution >= 0.6 is 0 Å². The number of sulfonamides is 1. The molecule has 0 radical (unpaired) electrons. The van der Waals surface area contributed by atoms with Crippen LogP contribution in [0.5, 0.6) is 0 Å². The van der Waals surface area contributed by atoms with Crippen molar-refractivity contribution in [2.24, 2.45) is 0 Å². The van der Waals surface area contributed by atoms with Crippen LogP contribution in [-0.2, 0) is 10.0 Å². The van der Waals surface area contributed by atoms with Crippen molar-refractivity contribution in [1.29, 1.82) is 0 Å². The van der Waals surface area contributed by atoms with E-state index in [1.165, 1.54) is 13.0 Å². The molecule has 0 aliphatic rings. The van der Waals surface area contributed by atoms with E-state index in [2.05, 4.69) is 4.72 Å². The number of anilines is 1. The summed E-state index contributed by atoms with van der Waals surface area (Å²) in [4.78, 5) is 0.0405. The van der Waals surface area contributed by atoms with Gasteiger partial charge in [0.15, 0.2) is 0 Å². The SMILES string of the molecule is Cc1ccc(S(=O)(=O)NC[C@H](C)O)c(N)c1. The Morgan fingerprint density at radius 1 is 1.50 bits per heavy atom. The Morgan fingerprint density at radius 3 is 2.62 bits per heavy atom. The Bertz CT molecular complexity index is 469. The molecule has 0 amide bonds. The fourth-order valence-electron chi connectivity index (χ4n) is 1.22. The highest BCUT2D eigenvalue weighted by Crippen LogP contribution is 2.18. The van der Waals surface area contributed by atoms with Crippen molar-refractivity contribution < 1.29 is 13.5 Å². The zero-order chi connectivity index (χ0) is 12.3. The van der Waals surface area contributed by atoms with Gasteiger partial charge in [-0.05, 0) is 31.5 Å². The van der Waals surface area contributed by atoms with Gasteiger partial charge in [-0.15, -0.1) is 0 Å². The first-order chi connectivity index (χ1) is 7.33. The molecule has 0 bridgehead atoms. The molecule has 6 heteroatoms. The molecule has 0 spiro atoms. The van der Waals surface area contributed by atoms with Crippen LogP contribution in [0.3, 0.4) is 0 Å². The number of aliphatic hydroxyl groups is 1. The van der Waals surface area contributed by atoms with E-state index in [1.54, 1.807) is 12.1 Å². The molecule has 90 valence electrons. The molecule has 0 aromatic heterocycles. The van der Waals surface area contributed by atoms with E-state index in [4.69, 9.17) is 10.8 Å². The quantitative estimate of drug-likeness (QED) is 0.661. The highest BCUT2D eigenvalue weighted by Gasteiger charge is 2.17. The van der Waals surface area contributed by atoms with Crippen LogP contribution in [0.2, 0.25) is 0 Å². The van der Waals surface area contributed by atoms with Gasteiger partial charge in [-0.25, -0.2) is 13.1 Å². The van der Waals surface area contributed by atoms with Crippen molar-refractivity contribution in [3.8, 4) is 0 Å². The molecule has 1 aromatic carbocycles. The molecular formula is C10H16N2O3S. The number of nitrogens with two attached hydrogens (primary N) is 1. The number of aryl methyl sites for hydroxylation is 1. The molecule has 0 unspecified atom stereocenters. The minimum absolute atomic E-state index is 0.0321. The lowest BCUT2D eigenvalue weighted by molar-refractivity contribution is 0.198. The van der Waals surface area contributed by atoms with Crippen LogP contribution < -0.4 is 10.5 Å². The Balaban J connectivity index is 2.99. The molecule has 0 saturated heterocycles. The van der Waals surface area contributed by atoms with Crippen LogP contribution in [0, 0.1) is 6.92 Å². The smallest absolute Gasteiger partial charge is 0.242 e. The van der Waals surface area contributed by atoms with E-state index >= 15 is 0 Å². The summed E-state index contributed by atoms with van der Waals surface area (Å²) < 4.78 is 25.8. The highest BCUT2D eigenvalue weighted by molar-refractivity contribution is 7.89. The van der Waals surface area contributed by atoms with Gasteiger partial charge in [-0.2, -0.15) is 0 Å². The molecule has 4 N–H and O–H groups in total. The maximum Gasteiger partial charge on any atom is 0.242 e. The first kappa shape index (κ1) is 13.0. The molecular weight excluding hydrogens is 228 g/mol. The maximum absolute atomic E-state index is 11.8. The van der Waals surface area contributed by atoms with Gasteiger partial charge >= 0.3 is 0 Å². The number of aliphatic hydroxyl groups excluding tert-OH is 1. The second-order valence-electron chi connectivity index (χ2n) is 3.74. The van der Waals surface area contributed by atoms with Crippen molar-refractivity contribution in [2.75, 3.05) is 12.3 Å². The summed E-state index contributed by atoms with van der Waals surface area (Å²) in [6.45, 7) is 3.30. The van der Waals surface area contributed by atoms with Gasteiger partial charge in [-0.1, -0.05) is 6.07 Å². The molecule has 1 rings (SSSR count). The molecule has 16 heavy (non-hydrogen) atoms. The van der Waals surface area contributed by atoms with Gasteiger partial charge < -0.3 is 10.8 Å². The average molecular weight is 244 g/mol. The first-order valence-electron chi connectivity index (χ1n) is 4.87. The third-order valence-corrected chi connectivity index (χ3v) is 3.52. The lowest BCUT2D eigenvalue weighted by Crippen LogP contribution is -2.31. The lowest BCUT2D eigenvalue weighted by Gasteiger charge is -2.10. The van der Waals surface area contributed by atoms with E-state index < -0.39 is 16.1 Å². The minimum Gasteiger partial charge on any atom is -0.398 e. The van der Waals surface area contributed by atoms with Crippen LogP contribution in [0.15, 0.2) is 23.1 Å². The van der Waals surface area contributed by atoms with Crippen LogP contribution in [0.25, 0.3) is 0 Å². The van der Waals surface area contributed by atoms with Crippen molar-refractivity contribution in [2.45, 2.75) is 24.8 Å². The van der Waals surface area contributed by atoms with E-state index in [0.717, 1.165) is 5.56 Å². The lowest BCUT2D eigenvalue weighted by atomic mass is 10.2. The summed E-state index contributed by atoms with van der Waals surface area (Å²) in [5.74, 6) is 0. The van der Waals surface area contributed by atoms with E-state index in [0.29, 0.717) is 0 Å². The van der Waals surface area contributed by atoms with Gasteiger partial charge in [0.2, 0.25) is 10.0 Å². The topological polar surface area (TPSA) is 92.4 Å². The van der Waals surface area contributed by atoms with Crippen LogP contribution in [-0.4, -0.2) is 26.2 Å².